The van der Waals surface area contributed by atoms with Gasteiger partial charge < -0.3 is 9.84 Å². The molecule has 0 saturated heterocycles. The van der Waals surface area contributed by atoms with Crippen LogP contribution >= 0.6 is 11.6 Å². The van der Waals surface area contributed by atoms with Gasteiger partial charge in [0.2, 0.25) is 0 Å². The molecule has 0 saturated carbocycles. The Labute approximate surface area is 93.0 Å². The van der Waals surface area contributed by atoms with E-state index in [-0.39, 0.29) is 0 Å². The zero-order valence-electron chi connectivity index (χ0n) is 8.11. The molecule has 1 heterocycles. The molecule has 0 spiro atoms. The predicted molar refractivity (Wildman–Crippen MR) is 58.5 cm³/mol. The van der Waals surface area contributed by atoms with Crippen molar-refractivity contribution in [3.05, 3.63) is 52.9 Å². The number of nitrogens with zero attached hydrogens (tertiary/aromatic N) is 1. The van der Waals surface area contributed by atoms with Crippen molar-refractivity contribution in [3.8, 4) is 0 Å². The summed E-state index contributed by atoms with van der Waals surface area (Å²) < 4.78 is 4.72. The van der Waals surface area contributed by atoms with Crippen molar-refractivity contribution < 1.29 is 4.52 Å². The van der Waals surface area contributed by atoms with Crippen molar-refractivity contribution in [2.24, 2.45) is 0 Å². The van der Waals surface area contributed by atoms with Crippen LogP contribution in [-0.2, 0) is 13.1 Å². The van der Waals surface area contributed by atoms with Gasteiger partial charge in [0.25, 0.3) is 0 Å². The third-order valence-electron chi connectivity index (χ3n) is 2.09. The van der Waals surface area contributed by atoms with E-state index in [9.17, 15) is 0 Å². The molecular formula is C11H11ClN2O. The summed E-state index contributed by atoms with van der Waals surface area (Å²) in [6.07, 6.45) is 3.32. The minimum Gasteiger partial charge on any atom is -0.364 e. The highest BCUT2D eigenvalue weighted by molar-refractivity contribution is 6.31. The Kier molecular flexibility index (Phi) is 3.37. The number of aromatic nitrogens is 1. The number of nitrogens with one attached hydrogen (secondary N) is 1. The number of hydrogen-bond donors (Lipinski definition) is 1. The molecule has 1 aromatic carbocycles. The first-order valence-corrected chi connectivity index (χ1v) is 5.06. The average molecular weight is 223 g/mol. The molecule has 0 radical (unpaired) electrons. The third-order valence-corrected chi connectivity index (χ3v) is 2.45. The second-order valence-electron chi connectivity index (χ2n) is 3.23. The van der Waals surface area contributed by atoms with Gasteiger partial charge in [-0.1, -0.05) is 35.0 Å². The van der Waals surface area contributed by atoms with Gasteiger partial charge in [-0.05, 0) is 11.6 Å². The van der Waals surface area contributed by atoms with Crippen LogP contribution in [0.3, 0.4) is 0 Å². The van der Waals surface area contributed by atoms with E-state index < -0.39 is 0 Å². The first-order chi connectivity index (χ1) is 7.36. The highest BCUT2D eigenvalue weighted by Gasteiger charge is 1.99. The SMILES string of the molecule is Clc1ccccc1CNCc1cnoc1. The molecule has 1 aromatic heterocycles. The molecule has 15 heavy (non-hydrogen) atoms. The molecule has 0 aliphatic heterocycles. The van der Waals surface area contributed by atoms with Gasteiger partial charge in [0.1, 0.15) is 6.26 Å². The van der Waals surface area contributed by atoms with Crippen LogP contribution in [0.2, 0.25) is 5.02 Å². The molecule has 2 aromatic rings. The van der Waals surface area contributed by atoms with Crippen LogP contribution < -0.4 is 5.32 Å². The van der Waals surface area contributed by atoms with E-state index in [4.69, 9.17) is 16.1 Å². The average Bonchev–Trinajstić information content (AvgIpc) is 2.74. The quantitative estimate of drug-likeness (QED) is 0.864. The molecule has 0 fully saturated rings. The zero-order chi connectivity index (χ0) is 10.5. The van der Waals surface area contributed by atoms with E-state index in [1.807, 2.05) is 24.3 Å². The lowest BCUT2D eigenvalue weighted by Gasteiger charge is -2.04. The molecule has 3 nitrogen and oxygen atoms in total. The van der Waals surface area contributed by atoms with Crippen LogP contribution in [0.4, 0.5) is 0 Å². The Bertz CT molecular complexity index is 414. The van der Waals surface area contributed by atoms with Gasteiger partial charge in [-0.15, -0.1) is 0 Å². The van der Waals surface area contributed by atoms with Gasteiger partial charge in [-0.25, -0.2) is 0 Å². The van der Waals surface area contributed by atoms with Crippen LogP contribution in [0, 0.1) is 0 Å². The summed E-state index contributed by atoms with van der Waals surface area (Å²) in [5.41, 5.74) is 2.12. The summed E-state index contributed by atoms with van der Waals surface area (Å²) in [5.74, 6) is 0. The molecule has 2 rings (SSSR count). The fourth-order valence-electron chi connectivity index (χ4n) is 1.30. The monoisotopic (exact) mass is 222 g/mol. The van der Waals surface area contributed by atoms with E-state index in [0.29, 0.717) is 0 Å². The van der Waals surface area contributed by atoms with Gasteiger partial charge >= 0.3 is 0 Å². The summed E-state index contributed by atoms with van der Waals surface area (Å²) in [7, 11) is 0. The van der Waals surface area contributed by atoms with E-state index >= 15 is 0 Å². The van der Waals surface area contributed by atoms with Crippen LogP contribution in [0.25, 0.3) is 0 Å². The van der Waals surface area contributed by atoms with Gasteiger partial charge in [-0.2, -0.15) is 0 Å². The maximum Gasteiger partial charge on any atom is 0.128 e. The largest absolute Gasteiger partial charge is 0.364 e. The number of hydrogen-bond acceptors (Lipinski definition) is 3. The molecule has 0 amide bonds. The molecule has 0 bridgehead atoms. The van der Waals surface area contributed by atoms with E-state index in [1.165, 1.54) is 0 Å². The lowest BCUT2D eigenvalue weighted by atomic mass is 10.2. The van der Waals surface area contributed by atoms with Crippen molar-refractivity contribution >= 4 is 11.6 Å². The maximum absolute atomic E-state index is 6.01. The summed E-state index contributed by atoms with van der Waals surface area (Å²) in [6, 6.07) is 7.79. The van der Waals surface area contributed by atoms with E-state index in [2.05, 4.69) is 10.5 Å². The third kappa shape index (κ3) is 2.81. The fourth-order valence-corrected chi connectivity index (χ4v) is 1.50. The smallest absolute Gasteiger partial charge is 0.128 e. The van der Waals surface area contributed by atoms with Gasteiger partial charge in [0.15, 0.2) is 0 Å². The lowest BCUT2D eigenvalue weighted by molar-refractivity contribution is 0.418. The summed E-state index contributed by atoms with van der Waals surface area (Å²) in [5, 5.41) is 7.67. The summed E-state index contributed by atoms with van der Waals surface area (Å²) in [6.45, 7) is 1.47. The van der Waals surface area contributed by atoms with Gasteiger partial charge in [0.05, 0.1) is 6.20 Å². The zero-order valence-corrected chi connectivity index (χ0v) is 8.87. The predicted octanol–water partition coefficient (Wildman–Crippen LogP) is 2.62. The number of benzene rings is 1. The Morgan fingerprint density at radius 1 is 1.27 bits per heavy atom. The van der Waals surface area contributed by atoms with Crippen LogP contribution in [0.5, 0.6) is 0 Å². The van der Waals surface area contributed by atoms with Gasteiger partial charge in [-0.3, -0.25) is 0 Å². The second-order valence-corrected chi connectivity index (χ2v) is 3.63. The molecule has 1 N–H and O–H groups in total. The Hall–Kier alpha value is -1.32. The van der Waals surface area contributed by atoms with Crippen LogP contribution in [-0.4, -0.2) is 5.16 Å². The first kappa shape index (κ1) is 10.2. The minimum atomic E-state index is 0.731. The molecule has 4 heteroatoms. The first-order valence-electron chi connectivity index (χ1n) is 4.68. The van der Waals surface area contributed by atoms with Crippen molar-refractivity contribution in [3.63, 3.8) is 0 Å². The highest BCUT2D eigenvalue weighted by atomic mass is 35.5. The Morgan fingerprint density at radius 2 is 2.13 bits per heavy atom. The van der Waals surface area contributed by atoms with E-state index in [1.54, 1.807) is 12.5 Å². The molecule has 0 unspecified atom stereocenters. The molecule has 0 aliphatic carbocycles. The Balaban J connectivity index is 1.86. The van der Waals surface area contributed by atoms with Crippen molar-refractivity contribution in [2.75, 3.05) is 0 Å². The van der Waals surface area contributed by atoms with Crippen molar-refractivity contribution in [1.82, 2.24) is 10.5 Å². The van der Waals surface area contributed by atoms with Gasteiger partial charge in [0, 0.05) is 23.7 Å². The van der Waals surface area contributed by atoms with Crippen molar-refractivity contribution in [1.29, 1.82) is 0 Å². The topological polar surface area (TPSA) is 38.1 Å². The molecule has 0 atom stereocenters. The van der Waals surface area contributed by atoms with Crippen LogP contribution in [0.1, 0.15) is 11.1 Å². The van der Waals surface area contributed by atoms with Crippen LogP contribution in [0.15, 0.2) is 41.2 Å². The van der Waals surface area contributed by atoms with E-state index in [0.717, 1.165) is 29.2 Å². The second kappa shape index (κ2) is 4.96. The lowest BCUT2D eigenvalue weighted by Crippen LogP contribution is -2.12. The summed E-state index contributed by atoms with van der Waals surface area (Å²) >= 11 is 6.01. The Morgan fingerprint density at radius 3 is 2.87 bits per heavy atom. The highest BCUT2D eigenvalue weighted by Crippen LogP contribution is 2.14. The standard InChI is InChI=1S/C11H11ClN2O/c12-11-4-2-1-3-10(11)7-13-5-9-6-14-15-8-9/h1-4,6,8,13H,5,7H2. The molecular weight excluding hydrogens is 212 g/mol. The maximum atomic E-state index is 6.01. The summed E-state index contributed by atoms with van der Waals surface area (Å²) in [4.78, 5) is 0. The molecule has 0 aliphatic rings. The molecule has 78 valence electrons. The fraction of sp³-hybridized carbons (Fsp3) is 0.182. The number of rotatable bonds is 4. The normalized spacial score (nSPS) is 10.5. The van der Waals surface area contributed by atoms with Crippen molar-refractivity contribution in [2.45, 2.75) is 13.1 Å². The number of halogens is 1. The minimum absolute atomic E-state index is 0.731.